The van der Waals surface area contributed by atoms with Gasteiger partial charge in [0.2, 0.25) is 5.95 Å². The Kier molecular flexibility index (Phi) is 3.29. The van der Waals surface area contributed by atoms with Crippen molar-refractivity contribution in [1.82, 2.24) is 9.97 Å². The van der Waals surface area contributed by atoms with Crippen LogP contribution in [-0.4, -0.2) is 16.0 Å². The van der Waals surface area contributed by atoms with Gasteiger partial charge in [0.1, 0.15) is 0 Å². The molecule has 2 unspecified atom stereocenters. The molecular weight excluding hydrogens is 186 g/mol. The molecule has 3 nitrogen and oxygen atoms in total. The molecule has 84 valence electrons. The standard InChI is InChI=1S/C12H21N3/c1-3-10-5-4-6-11(7-10)15-12-13-8-9(2)14-12/h8,10-11H,3-7H2,1-2H3,(H2,13,14,15). The zero-order valence-electron chi connectivity index (χ0n) is 9.71. The van der Waals surface area contributed by atoms with E-state index < -0.39 is 0 Å². The van der Waals surface area contributed by atoms with Crippen LogP contribution in [0.15, 0.2) is 6.20 Å². The number of aromatic nitrogens is 2. The van der Waals surface area contributed by atoms with E-state index in [0.717, 1.165) is 17.6 Å². The quantitative estimate of drug-likeness (QED) is 0.799. The van der Waals surface area contributed by atoms with Crippen molar-refractivity contribution >= 4 is 5.95 Å². The average molecular weight is 207 g/mol. The van der Waals surface area contributed by atoms with Crippen LogP contribution in [0, 0.1) is 12.8 Å². The van der Waals surface area contributed by atoms with E-state index >= 15 is 0 Å². The first-order valence-electron chi connectivity index (χ1n) is 6.06. The second kappa shape index (κ2) is 4.69. The van der Waals surface area contributed by atoms with Gasteiger partial charge in [-0.15, -0.1) is 0 Å². The molecule has 1 fully saturated rings. The van der Waals surface area contributed by atoms with E-state index in [1.807, 2.05) is 13.1 Å². The molecule has 15 heavy (non-hydrogen) atoms. The highest BCUT2D eigenvalue weighted by atomic mass is 15.1. The van der Waals surface area contributed by atoms with Gasteiger partial charge in [-0.1, -0.05) is 26.2 Å². The summed E-state index contributed by atoms with van der Waals surface area (Å²) in [6.07, 6.45) is 8.55. The van der Waals surface area contributed by atoms with E-state index in [1.54, 1.807) is 0 Å². The SMILES string of the molecule is CCC1CCCC(Nc2ncc(C)[nH]2)C1. The van der Waals surface area contributed by atoms with Gasteiger partial charge in [-0.3, -0.25) is 0 Å². The van der Waals surface area contributed by atoms with Crippen LogP contribution in [0.4, 0.5) is 5.95 Å². The van der Waals surface area contributed by atoms with Crippen molar-refractivity contribution < 1.29 is 0 Å². The van der Waals surface area contributed by atoms with Crippen molar-refractivity contribution in [1.29, 1.82) is 0 Å². The van der Waals surface area contributed by atoms with E-state index in [-0.39, 0.29) is 0 Å². The molecule has 2 atom stereocenters. The van der Waals surface area contributed by atoms with Crippen LogP contribution in [0.3, 0.4) is 0 Å². The molecule has 1 aromatic heterocycles. The summed E-state index contributed by atoms with van der Waals surface area (Å²) in [5.74, 6) is 1.85. The van der Waals surface area contributed by atoms with Crippen molar-refractivity contribution in [3.8, 4) is 0 Å². The predicted molar refractivity (Wildman–Crippen MR) is 63.0 cm³/mol. The summed E-state index contributed by atoms with van der Waals surface area (Å²) in [5, 5.41) is 3.50. The molecular formula is C12H21N3. The Hall–Kier alpha value is -0.990. The van der Waals surface area contributed by atoms with Crippen LogP contribution in [0.5, 0.6) is 0 Å². The molecule has 0 aliphatic heterocycles. The highest BCUT2D eigenvalue weighted by Crippen LogP contribution is 2.27. The fourth-order valence-corrected chi connectivity index (χ4v) is 2.47. The highest BCUT2D eigenvalue weighted by Gasteiger charge is 2.20. The van der Waals surface area contributed by atoms with Gasteiger partial charge in [0.05, 0.1) is 0 Å². The maximum atomic E-state index is 4.29. The Labute approximate surface area is 91.7 Å². The molecule has 0 bridgehead atoms. The zero-order valence-corrected chi connectivity index (χ0v) is 9.71. The van der Waals surface area contributed by atoms with E-state index in [9.17, 15) is 0 Å². The Morgan fingerprint density at radius 3 is 3.07 bits per heavy atom. The monoisotopic (exact) mass is 207 g/mol. The molecule has 2 N–H and O–H groups in total. The topological polar surface area (TPSA) is 40.7 Å². The van der Waals surface area contributed by atoms with E-state index in [0.29, 0.717) is 6.04 Å². The zero-order chi connectivity index (χ0) is 10.7. The van der Waals surface area contributed by atoms with Gasteiger partial charge < -0.3 is 10.3 Å². The number of nitrogens with one attached hydrogen (secondary N) is 2. The first-order valence-corrected chi connectivity index (χ1v) is 6.06. The first-order chi connectivity index (χ1) is 7.28. The minimum atomic E-state index is 0.620. The Balaban J connectivity index is 1.88. The molecule has 0 radical (unpaired) electrons. The van der Waals surface area contributed by atoms with E-state index in [2.05, 4.69) is 22.2 Å². The molecule has 0 saturated heterocycles. The molecule has 1 heterocycles. The molecule has 3 heteroatoms. The normalized spacial score (nSPS) is 26.5. The summed E-state index contributed by atoms with van der Waals surface area (Å²) in [5.41, 5.74) is 1.13. The van der Waals surface area contributed by atoms with Gasteiger partial charge in [-0.25, -0.2) is 4.98 Å². The Morgan fingerprint density at radius 1 is 1.53 bits per heavy atom. The van der Waals surface area contributed by atoms with Gasteiger partial charge in [0.25, 0.3) is 0 Å². The third kappa shape index (κ3) is 2.74. The second-order valence-electron chi connectivity index (χ2n) is 4.70. The minimum absolute atomic E-state index is 0.620. The number of nitrogens with zero attached hydrogens (tertiary/aromatic N) is 1. The van der Waals surface area contributed by atoms with Crippen LogP contribution in [0.25, 0.3) is 0 Å². The van der Waals surface area contributed by atoms with E-state index in [4.69, 9.17) is 0 Å². The smallest absolute Gasteiger partial charge is 0.200 e. The summed E-state index contributed by atoms with van der Waals surface area (Å²) in [6.45, 7) is 4.33. The molecule has 1 aliphatic carbocycles. The number of imidazole rings is 1. The maximum Gasteiger partial charge on any atom is 0.200 e. The molecule has 1 aliphatic rings. The molecule has 0 spiro atoms. The van der Waals surface area contributed by atoms with Gasteiger partial charge in [-0.05, 0) is 25.7 Å². The first kappa shape index (κ1) is 10.5. The number of hydrogen-bond acceptors (Lipinski definition) is 2. The summed E-state index contributed by atoms with van der Waals surface area (Å²) >= 11 is 0. The van der Waals surface area contributed by atoms with Gasteiger partial charge in [-0.2, -0.15) is 0 Å². The van der Waals surface area contributed by atoms with Crippen molar-refractivity contribution in [2.75, 3.05) is 5.32 Å². The summed E-state index contributed by atoms with van der Waals surface area (Å²) in [4.78, 5) is 7.53. The molecule has 1 aromatic rings. The lowest BCUT2D eigenvalue weighted by Gasteiger charge is -2.28. The lowest BCUT2D eigenvalue weighted by molar-refractivity contribution is 0.326. The largest absolute Gasteiger partial charge is 0.353 e. The van der Waals surface area contributed by atoms with Crippen molar-refractivity contribution in [3.63, 3.8) is 0 Å². The van der Waals surface area contributed by atoms with Crippen LogP contribution < -0.4 is 5.32 Å². The van der Waals surface area contributed by atoms with Crippen molar-refractivity contribution in [2.45, 2.75) is 52.0 Å². The summed E-state index contributed by atoms with van der Waals surface area (Å²) < 4.78 is 0. The third-order valence-corrected chi connectivity index (χ3v) is 3.40. The van der Waals surface area contributed by atoms with Gasteiger partial charge in [0.15, 0.2) is 0 Å². The van der Waals surface area contributed by atoms with Crippen LogP contribution in [0.2, 0.25) is 0 Å². The van der Waals surface area contributed by atoms with Gasteiger partial charge in [0, 0.05) is 17.9 Å². The lowest BCUT2D eigenvalue weighted by Crippen LogP contribution is -2.27. The van der Waals surface area contributed by atoms with Crippen LogP contribution >= 0.6 is 0 Å². The number of aryl methyl sites for hydroxylation is 1. The minimum Gasteiger partial charge on any atom is -0.353 e. The number of aromatic amines is 1. The van der Waals surface area contributed by atoms with Gasteiger partial charge >= 0.3 is 0 Å². The van der Waals surface area contributed by atoms with Crippen molar-refractivity contribution in [2.24, 2.45) is 5.92 Å². The molecule has 0 aromatic carbocycles. The number of rotatable bonds is 3. The highest BCUT2D eigenvalue weighted by molar-refractivity contribution is 5.27. The molecule has 1 saturated carbocycles. The maximum absolute atomic E-state index is 4.29. The summed E-state index contributed by atoms with van der Waals surface area (Å²) in [7, 11) is 0. The third-order valence-electron chi connectivity index (χ3n) is 3.40. The van der Waals surface area contributed by atoms with Crippen LogP contribution in [-0.2, 0) is 0 Å². The lowest BCUT2D eigenvalue weighted by atomic mass is 9.84. The predicted octanol–water partition coefficient (Wildman–Crippen LogP) is 3.10. The fraction of sp³-hybridized carbons (Fsp3) is 0.750. The molecule has 0 amide bonds. The Morgan fingerprint density at radius 2 is 2.40 bits per heavy atom. The average Bonchev–Trinajstić information content (AvgIpc) is 2.64. The molecule has 2 rings (SSSR count). The van der Waals surface area contributed by atoms with Crippen molar-refractivity contribution in [3.05, 3.63) is 11.9 Å². The second-order valence-corrected chi connectivity index (χ2v) is 4.70. The fourth-order valence-electron chi connectivity index (χ4n) is 2.47. The van der Waals surface area contributed by atoms with Crippen LogP contribution in [0.1, 0.15) is 44.7 Å². The number of H-pyrrole nitrogens is 1. The summed E-state index contributed by atoms with van der Waals surface area (Å²) in [6, 6.07) is 0.620. The Bertz CT molecular complexity index is 306. The van der Waals surface area contributed by atoms with E-state index in [1.165, 1.54) is 32.1 Å². The number of hydrogen-bond donors (Lipinski definition) is 2. The number of anilines is 1.